The van der Waals surface area contributed by atoms with Gasteiger partial charge < -0.3 is 0 Å². The summed E-state index contributed by atoms with van der Waals surface area (Å²) in [6.45, 7) is 7.32. The van der Waals surface area contributed by atoms with Gasteiger partial charge in [0.15, 0.2) is 0 Å². The predicted molar refractivity (Wildman–Crippen MR) is 56.4 cm³/mol. The van der Waals surface area contributed by atoms with Crippen molar-refractivity contribution in [3.05, 3.63) is 60.7 Å². The average Bonchev–Trinajstić information content (AvgIpc) is 2.18. The van der Waals surface area contributed by atoms with E-state index in [-0.39, 0.29) is 6.04 Å². The van der Waals surface area contributed by atoms with Crippen LogP contribution in [0.25, 0.3) is 0 Å². The molecule has 0 aliphatic carbocycles. The maximum atomic E-state index is 7.73. The molecular weight excluding hydrogens is 158 g/mol. The van der Waals surface area contributed by atoms with Crippen molar-refractivity contribution in [3.63, 3.8) is 0 Å². The van der Waals surface area contributed by atoms with Crippen LogP contribution < -0.4 is 5.73 Å². The van der Waals surface area contributed by atoms with Gasteiger partial charge >= 0.3 is 0 Å². The highest BCUT2D eigenvalue weighted by Gasteiger charge is 2.05. The van der Waals surface area contributed by atoms with E-state index < -0.39 is 0 Å². The maximum Gasteiger partial charge on any atom is 0.0643 e. The average molecular weight is 172 g/mol. The minimum absolute atomic E-state index is 0.323. The quantitative estimate of drug-likeness (QED) is 0.623. The smallest absolute Gasteiger partial charge is 0.0643 e. The van der Waals surface area contributed by atoms with Crippen molar-refractivity contribution < 1.29 is 0 Å². The van der Waals surface area contributed by atoms with Crippen molar-refractivity contribution in [1.82, 2.24) is 5.73 Å². The fourth-order valence-electron chi connectivity index (χ4n) is 1.31. The van der Waals surface area contributed by atoms with Crippen molar-refractivity contribution in [2.75, 3.05) is 0 Å². The van der Waals surface area contributed by atoms with Crippen LogP contribution >= 0.6 is 0 Å². The highest BCUT2D eigenvalue weighted by molar-refractivity contribution is 5.33. The van der Waals surface area contributed by atoms with E-state index in [1.165, 1.54) is 0 Å². The van der Waals surface area contributed by atoms with E-state index in [9.17, 15) is 0 Å². The fourth-order valence-corrected chi connectivity index (χ4v) is 1.31. The molecule has 0 spiro atoms. The first kappa shape index (κ1) is 9.75. The Hall–Kier alpha value is -1.34. The topological polar surface area (TPSA) is 23.8 Å². The van der Waals surface area contributed by atoms with E-state index in [1.807, 2.05) is 30.3 Å². The first-order valence-electron chi connectivity index (χ1n) is 4.32. The molecule has 1 aromatic carbocycles. The lowest BCUT2D eigenvalue weighted by molar-refractivity contribution is 0.862. The molecule has 1 aromatic rings. The highest BCUT2D eigenvalue weighted by Crippen LogP contribution is 2.18. The summed E-state index contributed by atoms with van der Waals surface area (Å²) in [7, 11) is 0. The summed E-state index contributed by atoms with van der Waals surface area (Å²) >= 11 is 0. The van der Waals surface area contributed by atoms with Gasteiger partial charge in [0.1, 0.15) is 0 Å². The van der Waals surface area contributed by atoms with E-state index in [1.54, 1.807) is 6.08 Å². The van der Waals surface area contributed by atoms with Crippen LogP contribution in [0.1, 0.15) is 17.2 Å². The molecule has 0 aliphatic rings. The van der Waals surface area contributed by atoms with E-state index in [0.717, 1.165) is 17.5 Å². The Morgan fingerprint density at radius 2 is 2.00 bits per heavy atom. The van der Waals surface area contributed by atoms with E-state index in [0.29, 0.717) is 0 Å². The second kappa shape index (κ2) is 4.63. The Morgan fingerprint density at radius 3 is 2.62 bits per heavy atom. The minimum Gasteiger partial charge on any atom is -0.246 e. The van der Waals surface area contributed by atoms with Gasteiger partial charge in [-0.25, -0.2) is 5.73 Å². The molecule has 0 bridgehead atoms. The Morgan fingerprint density at radius 1 is 1.31 bits per heavy atom. The van der Waals surface area contributed by atoms with Crippen LogP contribution in [0.3, 0.4) is 0 Å². The lowest BCUT2D eigenvalue weighted by Gasteiger charge is -2.10. The molecule has 0 aliphatic heterocycles. The third-order valence-electron chi connectivity index (χ3n) is 1.99. The number of rotatable bonds is 4. The van der Waals surface area contributed by atoms with Crippen molar-refractivity contribution >= 4 is 0 Å². The SMILES string of the molecule is C=CCc1ccccc1C([NH])C=C. The first-order valence-corrected chi connectivity index (χ1v) is 4.32. The molecule has 67 valence electrons. The van der Waals surface area contributed by atoms with Crippen LogP contribution in [-0.2, 0) is 6.42 Å². The van der Waals surface area contributed by atoms with Crippen molar-refractivity contribution in [2.24, 2.45) is 0 Å². The predicted octanol–water partition coefficient (Wildman–Crippen LogP) is 2.93. The number of nitrogens with one attached hydrogen (secondary N) is 1. The molecular formula is C12H14N. The van der Waals surface area contributed by atoms with Crippen LogP contribution in [0, 0.1) is 0 Å². The zero-order valence-corrected chi connectivity index (χ0v) is 7.66. The van der Waals surface area contributed by atoms with Crippen molar-refractivity contribution in [3.8, 4) is 0 Å². The maximum absolute atomic E-state index is 7.73. The molecule has 0 saturated heterocycles. The lowest BCUT2D eigenvalue weighted by Crippen LogP contribution is -1.99. The van der Waals surface area contributed by atoms with Crippen molar-refractivity contribution in [2.45, 2.75) is 12.5 Å². The van der Waals surface area contributed by atoms with Gasteiger partial charge in [0.25, 0.3) is 0 Å². The second-order valence-electron chi connectivity index (χ2n) is 2.90. The van der Waals surface area contributed by atoms with Gasteiger partial charge in [-0.05, 0) is 17.5 Å². The molecule has 13 heavy (non-hydrogen) atoms. The molecule has 0 aromatic heterocycles. The molecule has 1 N–H and O–H groups in total. The standard InChI is InChI=1S/C12H14N/c1-3-7-10-8-5-6-9-11(10)12(13)4-2/h3-6,8-9,12-13H,1-2,7H2. The third-order valence-corrected chi connectivity index (χ3v) is 1.99. The number of hydrogen-bond donors (Lipinski definition) is 0. The van der Waals surface area contributed by atoms with E-state index in [2.05, 4.69) is 13.2 Å². The number of benzene rings is 1. The minimum atomic E-state index is -0.323. The molecule has 0 fully saturated rings. The molecule has 1 rings (SSSR count). The highest BCUT2D eigenvalue weighted by atomic mass is 14.6. The van der Waals surface area contributed by atoms with Gasteiger partial charge in [0, 0.05) is 0 Å². The summed E-state index contributed by atoms with van der Waals surface area (Å²) in [6, 6.07) is 7.61. The second-order valence-corrected chi connectivity index (χ2v) is 2.90. The molecule has 1 atom stereocenters. The number of allylic oxidation sites excluding steroid dienone is 1. The van der Waals surface area contributed by atoms with Crippen molar-refractivity contribution in [1.29, 1.82) is 0 Å². The van der Waals surface area contributed by atoms with Gasteiger partial charge in [-0.3, -0.25) is 0 Å². The zero-order chi connectivity index (χ0) is 9.68. The Labute approximate surface area is 79.6 Å². The van der Waals surface area contributed by atoms with Gasteiger partial charge in [-0.1, -0.05) is 36.4 Å². The van der Waals surface area contributed by atoms with Gasteiger partial charge in [-0.15, -0.1) is 13.2 Å². The Kier molecular flexibility index (Phi) is 3.47. The largest absolute Gasteiger partial charge is 0.246 e. The number of hydrogen-bond acceptors (Lipinski definition) is 0. The van der Waals surface area contributed by atoms with Gasteiger partial charge in [-0.2, -0.15) is 0 Å². The molecule has 1 radical (unpaired) electrons. The molecule has 1 nitrogen and oxygen atoms in total. The van der Waals surface area contributed by atoms with Gasteiger partial charge in [0.2, 0.25) is 0 Å². The molecule has 0 saturated carbocycles. The van der Waals surface area contributed by atoms with E-state index in [4.69, 9.17) is 5.73 Å². The Bertz CT molecular complexity index is 302. The summed E-state index contributed by atoms with van der Waals surface area (Å²) < 4.78 is 0. The molecule has 0 amide bonds. The summed E-state index contributed by atoms with van der Waals surface area (Å²) in [5, 5.41) is 0. The van der Waals surface area contributed by atoms with E-state index >= 15 is 0 Å². The molecule has 1 heteroatoms. The van der Waals surface area contributed by atoms with Crippen LogP contribution in [0.2, 0.25) is 0 Å². The summed E-state index contributed by atoms with van der Waals surface area (Å²) in [5.41, 5.74) is 9.92. The van der Waals surface area contributed by atoms with Crippen LogP contribution in [0.4, 0.5) is 0 Å². The fraction of sp³-hybridized carbons (Fsp3) is 0.167. The zero-order valence-electron chi connectivity index (χ0n) is 7.66. The molecule has 0 heterocycles. The van der Waals surface area contributed by atoms with Gasteiger partial charge in [0.05, 0.1) is 6.04 Å². The molecule has 1 unspecified atom stereocenters. The summed E-state index contributed by atoms with van der Waals surface area (Å²) in [4.78, 5) is 0. The Balaban J connectivity index is 3.02. The first-order chi connectivity index (χ1) is 6.29. The monoisotopic (exact) mass is 172 g/mol. The lowest BCUT2D eigenvalue weighted by atomic mass is 9.99. The summed E-state index contributed by atoms with van der Waals surface area (Å²) in [5.74, 6) is 0. The van der Waals surface area contributed by atoms with Crippen LogP contribution in [0.15, 0.2) is 49.6 Å². The summed E-state index contributed by atoms with van der Waals surface area (Å²) in [6.07, 6.45) is 4.32. The van der Waals surface area contributed by atoms with Crippen LogP contribution in [-0.4, -0.2) is 0 Å². The normalized spacial score (nSPS) is 12.1. The van der Waals surface area contributed by atoms with Crippen LogP contribution in [0.5, 0.6) is 0 Å². The third kappa shape index (κ3) is 2.30.